The van der Waals surface area contributed by atoms with Crippen molar-refractivity contribution in [3.63, 3.8) is 0 Å². The average Bonchev–Trinajstić information content (AvgIpc) is 2.92. The van der Waals surface area contributed by atoms with Gasteiger partial charge in [-0.15, -0.1) is 0 Å². The SMILES string of the molecule is c1ccc(C2=C(c3ccccc3)C(c3ccccc3)=C(c3ccccc3)CCCCCC2)cc1. The molecule has 0 N–H and O–H groups in total. The first kappa shape index (κ1) is 22.2. The number of rotatable bonds is 4. The van der Waals surface area contributed by atoms with E-state index in [2.05, 4.69) is 121 Å². The molecule has 0 bridgehead atoms. The molecule has 0 heterocycles. The summed E-state index contributed by atoms with van der Waals surface area (Å²) >= 11 is 0. The standard InChI is InChI=1S/C34H32/c1-2-16-26-32(28-19-9-4-10-20-28)34(30-23-13-6-14-24-30)33(29-21-11-5-12-22-29)31(25-15-1)27-17-7-3-8-18-27/h3-14,17-24H,1-2,15-16,25-26H2. The summed E-state index contributed by atoms with van der Waals surface area (Å²) in [7, 11) is 0. The molecule has 1 aliphatic carbocycles. The number of hydrogen-bond donors (Lipinski definition) is 0. The Balaban J connectivity index is 1.91. The van der Waals surface area contributed by atoms with Gasteiger partial charge >= 0.3 is 0 Å². The van der Waals surface area contributed by atoms with Gasteiger partial charge in [-0.25, -0.2) is 0 Å². The van der Waals surface area contributed by atoms with E-state index in [0.29, 0.717) is 0 Å². The van der Waals surface area contributed by atoms with Crippen LogP contribution >= 0.6 is 0 Å². The number of benzene rings is 4. The minimum Gasteiger partial charge on any atom is -0.0622 e. The lowest BCUT2D eigenvalue weighted by Crippen LogP contribution is -2.02. The third-order valence-electron chi connectivity index (χ3n) is 6.83. The summed E-state index contributed by atoms with van der Waals surface area (Å²) in [6.45, 7) is 0. The normalized spacial score (nSPS) is 15.3. The van der Waals surface area contributed by atoms with Crippen molar-refractivity contribution in [2.75, 3.05) is 0 Å². The zero-order valence-corrected chi connectivity index (χ0v) is 19.8. The molecule has 0 atom stereocenters. The van der Waals surface area contributed by atoms with Gasteiger partial charge in [0.15, 0.2) is 0 Å². The van der Waals surface area contributed by atoms with Gasteiger partial charge in [-0.05, 0) is 70.2 Å². The van der Waals surface area contributed by atoms with Gasteiger partial charge in [0.1, 0.15) is 0 Å². The Hall–Kier alpha value is -3.64. The van der Waals surface area contributed by atoms with E-state index >= 15 is 0 Å². The molecule has 0 saturated heterocycles. The van der Waals surface area contributed by atoms with Gasteiger partial charge in [-0.3, -0.25) is 0 Å². The topological polar surface area (TPSA) is 0 Å². The summed E-state index contributed by atoms with van der Waals surface area (Å²) in [5.74, 6) is 0. The van der Waals surface area contributed by atoms with E-state index in [-0.39, 0.29) is 0 Å². The summed E-state index contributed by atoms with van der Waals surface area (Å²) in [5.41, 5.74) is 11.0. The first-order valence-corrected chi connectivity index (χ1v) is 12.6. The van der Waals surface area contributed by atoms with E-state index < -0.39 is 0 Å². The molecule has 0 aromatic heterocycles. The van der Waals surface area contributed by atoms with Gasteiger partial charge in [0.25, 0.3) is 0 Å². The lowest BCUT2D eigenvalue weighted by atomic mass is 9.79. The maximum atomic E-state index is 2.29. The van der Waals surface area contributed by atoms with E-state index in [1.165, 1.54) is 70.2 Å². The monoisotopic (exact) mass is 440 g/mol. The van der Waals surface area contributed by atoms with E-state index in [4.69, 9.17) is 0 Å². The Morgan fingerprint density at radius 3 is 0.912 bits per heavy atom. The lowest BCUT2D eigenvalue weighted by molar-refractivity contribution is 0.659. The predicted molar refractivity (Wildman–Crippen MR) is 147 cm³/mol. The fourth-order valence-electron chi connectivity index (χ4n) is 5.21. The molecular weight excluding hydrogens is 408 g/mol. The Labute approximate surface area is 204 Å². The first-order valence-electron chi connectivity index (χ1n) is 12.6. The molecule has 0 spiro atoms. The third kappa shape index (κ3) is 4.97. The van der Waals surface area contributed by atoms with Crippen molar-refractivity contribution in [1.82, 2.24) is 0 Å². The summed E-state index contributed by atoms with van der Waals surface area (Å²) < 4.78 is 0. The van der Waals surface area contributed by atoms with Crippen LogP contribution in [0.5, 0.6) is 0 Å². The second kappa shape index (κ2) is 11.0. The molecule has 0 nitrogen and oxygen atoms in total. The van der Waals surface area contributed by atoms with Gasteiger partial charge in [0, 0.05) is 0 Å². The largest absolute Gasteiger partial charge is 0.0622 e. The van der Waals surface area contributed by atoms with E-state index in [1.807, 2.05) is 0 Å². The van der Waals surface area contributed by atoms with Crippen molar-refractivity contribution in [3.05, 3.63) is 144 Å². The van der Waals surface area contributed by atoms with Crippen LogP contribution in [0.15, 0.2) is 121 Å². The van der Waals surface area contributed by atoms with Crippen molar-refractivity contribution < 1.29 is 0 Å². The van der Waals surface area contributed by atoms with Crippen molar-refractivity contribution in [1.29, 1.82) is 0 Å². The molecule has 1 aliphatic rings. The van der Waals surface area contributed by atoms with Crippen LogP contribution in [0.4, 0.5) is 0 Å². The minimum atomic E-state index is 1.09. The molecule has 34 heavy (non-hydrogen) atoms. The van der Waals surface area contributed by atoms with Gasteiger partial charge in [-0.1, -0.05) is 134 Å². The first-order chi connectivity index (χ1) is 16.9. The summed E-state index contributed by atoms with van der Waals surface area (Å²) in [5, 5.41) is 0. The predicted octanol–water partition coefficient (Wildman–Crippen LogP) is 9.56. The lowest BCUT2D eigenvalue weighted by Gasteiger charge is -2.25. The summed E-state index contributed by atoms with van der Waals surface area (Å²) in [4.78, 5) is 0. The molecule has 4 aromatic rings. The van der Waals surface area contributed by atoms with Crippen LogP contribution in [0, 0.1) is 0 Å². The maximum absolute atomic E-state index is 2.29. The van der Waals surface area contributed by atoms with E-state index in [0.717, 1.165) is 12.8 Å². The third-order valence-corrected chi connectivity index (χ3v) is 6.83. The zero-order chi connectivity index (χ0) is 23.0. The van der Waals surface area contributed by atoms with Gasteiger partial charge in [0.2, 0.25) is 0 Å². The number of hydrogen-bond acceptors (Lipinski definition) is 0. The highest BCUT2D eigenvalue weighted by Gasteiger charge is 2.22. The van der Waals surface area contributed by atoms with Crippen molar-refractivity contribution >= 4 is 22.3 Å². The second-order valence-corrected chi connectivity index (χ2v) is 9.09. The molecule has 4 aromatic carbocycles. The fraction of sp³-hybridized carbons (Fsp3) is 0.176. The van der Waals surface area contributed by atoms with Crippen molar-refractivity contribution in [2.45, 2.75) is 38.5 Å². The van der Waals surface area contributed by atoms with Crippen LogP contribution in [0.25, 0.3) is 22.3 Å². The average molecular weight is 441 g/mol. The van der Waals surface area contributed by atoms with Crippen LogP contribution < -0.4 is 0 Å². The van der Waals surface area contributed by atoms with E-state index in [1.54, 1.807) is 0 Å². The molecule has 0 unspecified atom stereocenters. The molecule has 0 amide bonds. The zero-order valence-electron chi connectivity index (χ0n) is 19.8. The highest BCUT2D eigenvalue weighted by Crippen LogP contribution is 2.45. The van der Waals surface area contributed by atoms with Crippen LogP contribution in [-0.4, -0.2) is 0 Å². The van der Waals surface area contributed by atoms with Gasteiger partial charge < -0.3 is 0 Å². The molecular formula is C34H32. The van der Waals surface area contributed by atoms with E-state index in [9.17, 15) is 0 Å². The molecule has 168 valence electrons. The van der Waals surface area contributed by atoms with Crippen LogP contribution in [0.3, 0.4) is 0 Å². The molecule has 0 saturated carbocycles. The van der Waals surface area contributed by atoms with Crippen LogP contribution in [0.2, 0.25) is 0 Å². The molecule has 0 heteroatoms. The molecule has 0 fully saturated rings. The Morgan fingerprint density at radius 1 is 0.294 bits per heavy atom. The van der Waals surface area contributed by atoms with Gasteiger partial charge in [0.05, 0.1) is 0 Å². The van der Waals surface area contributed by atoms with Crippen LogP contribution in [-0.2, 0) is 0 Å². The van der Waals surface area contributed by atoms with Crippen LogP contribution in [0.1, 0.15) is 60.8 Å². The molecule has 0 aliphatic heterocycles. The van der Waals surface area contributed by atoms with Gasteiger partial charge in [-0.2, -0.15) is 0 Å². The highest BCUT2D eigenvalue weighted by molar-refractivity contribution is 6.21. The quantitative estimate of drug-likeness (QED) is 0.296. The summed E-state index contributed by atoms with van der Waals surface area (Å²) in [6, 6.07) is 44.2. The molecule has 5 rings (SSSR count). The maximum Gasteiger partial charge on any atom is -0.00643 e. The second-order valence-electron chi connectivity index (χ2n) is 9.09. The fourth-order valence-corrected chi connectivity index (χ4v) is 5.21. The Morgan fingerprint density at radius 2 is 0.588 bits per heavy atom. The smallest absolute Gasteiger partial charge is 0.00643 e. The van der Waals surface area contributed by atoms with Crippen molar-refractivity contribution in [2.24, 2.45) is 0 Å². The molecule has 0 radical (unpaired) electrons. The Bertz CT molecular complexity index is 1140. The highest BCUT2D eigenvalue weighted by atomic mass is 14.3. The Kier molecular flexibility index (Phi) is 7.16. The van der Waals surface area contributed by atoms with Crippen molar-refractivity contribution in [3.8, 4) is 0 Å². The summed E-state index contributed by atoms with van der Waals surface area (Å²) in [6.07, 6.45) is 7.19. The minimum absolute atomic E-state index is 1.09. The number of allylic oxidation sites excluding steroid dienone is 4.